The van der Waals surface area contributed by atoms with Gasteiger partial charge in [0.25, 0.3) is 0 Å². The predicted octanol–water partition coefficient (Wildman–Crippen LogP) is 4.01. The average molecular weight is 630 g/mol. The van der Waals surface area contributed by atoms with Crippen molar-refractivity contribution in [1.82, 2.24) is 29.7 Å². The summed E-state index contributed by atoms with van der Waals surface area (Å²) in [6.45, 7) is 0. The molecule has 0 bridgehead atoms. The van der Waals surface area contributed by atoms with Gasteiger partial charge in [-0.1, -0.05) is 84.3 Å². The molecule has 2 heterocycles. The second-order valence-electron chi connectivity index (χ2n) is 9.34. The number of nitrogens with one attached hydrogen (secondary N) is 2. The smallest absolute Gasteiger partial charge is 0.872 e. The molecule has 6 aromatic rings. The molecule has 0 radical (unpaired) electrons. The fourth-order valence-corrected chi connectivity index (χ4v) is 3.49. The van der Waals surface area contributed by atoms with Crippen molar-refractivity contribution < 1.29 is 39.3 Å². The molecule has 2 amide bonds. The van der Waals surface area contributed by atoms with Crippen LogP contribution in [0.5, 0.6) is 11.5 Å². The first-order valence-electron chi connectivity index (χ1n) is 12.9. The van der Waals surface area contributed by atoms with Crippen molar-refractivity contribution in [2.75, 3.05) is 28.2 Å². The predicted molar refractivity (Wildman–Crippen MR) is 161 cm³/mol. The van der Waals surface area contributed by atoms with Gasteiger partial charge in [-0.3, -0.25) is 9.59 Å². The summed E-state index contributed by atoms with van der Waals surface area (Å²) in [4.78, 5) is 36.8. The topological polar surface area (TPSA) is 144 Å². The van der Waals surface area contributed by atoms with Gasteiger partial charge in [0.2, 0.25) is 12.8 Å². The Morgan fingerprint density at radius 2 is 0.860 bits per heavy atom. The van der Waals surface area contributed by atoms with Gasteiger partial charge < -0.3 is 30.0 Å². The van der Waals surface area contributed by atoms with Crippen LogP contribution in [0.1, 0.15) is 0 Å². The second kappa shape index (κ2) is 17.1. The van der Waals surface area contributed by atoms with Crippen LogP contribution in [0.15, 0.2) is 97.1 Å². The number of H-pyrrole nitrogens is 2. The Balaban J connectivity index is 0.000000226. The van der Waals surface area contributed by atoms with Crippen molar-refractivity contribution in [3.63, 3.8) is 0 Å². The van der Waals surface area contributed by atoms with E-state index in [9.17, 15) is 19.8 Å². The molecule has 2 aromatic heterocycles. The molecular formula is C32H32N6O4Zn. The molecule has 11 heteroatoms. The number of nitrogens with zero attached hydrogens (tertiary/aromatic N) is 4. The van der Waals surface area contributed by atoms with Gasteiger partial charge in [-0.15, -0.1) is 0 Å². The number of rotatable bonds is 4. The molecule has 10 nitrogen and oxygen atoms in total. The summed E-state index contributed by atoms with van der Waals surface area (Å²) in [6, 6.07) is 29.2. The van der Waals surface area contributed by atoms with Crippen molar-refractivity contribution in [3.05, 3.63) is 97.1 Å². The van der Waals surface area contributed by atoms with Crippen LogP contribution in [-0.2, 0) is 29.1 Å². The van der Waals surface area contributed by atoms with Gasteiger partial charge in [0, 0.05) is 39.3 Å². The molecule has 43 heavy (non-hydrogen) atoms. The third kappa shape index (κ3) is 10.1. The summed E-state index contributed by atoms with van der Waals surface area (Å²) in [7, 11) is 6.75. The molecule has 0 aliphatic carbocycles. The fourth-order valence-electron chi connectivity index (χ4n) is 3.49. The first-order chi connectivity index (χ1) is 20.2. The zero-order valence-corrected chi connectivity index (χ0v) is 27.5. The van der Waals surface area contributed by atoms with Gasteiger partial charge in [0.15, 0.2) is 0 Å². The van der Waals surface area contributed by atoms with Crippen molar-refractivity contribution >= 4 is 34.9 Å². The molecular weight excluding hydrogens is 598 g/mol. The maximum absolute atomic E-state index is 11.6. The number of hydrogen-bond donors (Lipinski definition) is 2. The van der Waals surface area contributed by atoms with E-state index in [0.717, 1.165) is 34.9 Å². The normalized spacial score (nSPS) is 9.58. The molecule has 2 N–H and O–H groups in total. The molecule has 0 spiro atoms. The van der Waals surface area contributed by atoms with Crippen molar-refractivity contribution in [1.29, 1.82) is 0 Å². The fraction of sp³-hybridized carbons (Fsp3) is 0.125. The van der Waals surface area contributed by atoms with Gasteiger partial charge >= 0.3 is 19.5 Å². The number of hydrogen-bond acceptors (Lipinski definition) is 6. The molecule has 0 aliphatic rings. The van der Waals surface area contributed by atoms with E-state index in [0.29, 0.717) is 22.8 Å². The van der Waals surface area contributed by atoms with Crippen molar-refractivity contribution in [2.45, 2.75) is 0 Å². The van der Waals surface area contributed by atoms with E-state index >= 15 is 0 Å². The van der Waals surface area contributed by atoms with Crippen molar-refractivity contribution in [3.8, 4) is 34.3 Å². The maximum atomic E-state index is 11.6. The average Bonchev–Trinajstić information content (AvgIpc) is 3.63. The first kappa shape index (κ1) is 34.2. The van der Waals surface area contributed by atoms with E-state index in [1.807, 2.05) is 60.7 Å². The number of imidazole rings is 2. The summed E-state index contributed by atoms with van der Waals surface area (Å²) in [5.74, 6) is 1.24. The molecule has 216 valence electrons. The van der Waals surface area contributed by atoms with E-state index in [2.05, 4.69) is 19.9 Å². The zero-order valence-electron chi connectivity index (χ0n) is 24.5. The molecule has 0 aliphatic heterocycles. The largest absolute Gasteiger partial charge is 2.00 e. The molecule has 0 atom stereocenters. The Kier molecular flexibility index (Phi) is 13.6. The van der Waals surface area contributed by atoms with Crippen LogP contribution in [0.4, 0.5) is 0 Å². The Morgan fingerprint density at radius 1 is 0.558 bits per heavy atom. The van der Waals surface area contributed by atoms with E-state index in [-0.39, 0.29) is 31.0 Å². The molecule has 0 saturated heterocycles. The first-order valence-corrected chi connectivity index (χ1v) is 12.9. The van der Waals surface area contributed by atoms with Gasteiger partial charge in [-0.05, 0) is 24.3 Å². The minimum Gasteiger partial charge on any atom is -0.872 e. The van der Waals surface area contributed by atoms with E-state index in [1.165, 1.54) is 9.80 Å². The third-order valence-electron chi connectivity index (χ3n) is 5.48. The van der Waals surface area contributed by atoms with Crippen LogP contribution in [0, 0.1) is 0 Å². The summed E-state index contributed by atoms with van der Waals surface area (Å²) < 4.78 is 0. The third-order valence-corrected chi connectivity index (χ3v) is 5.48. The summed E-state index contributed by atoms with van der Waals surface area (Å²) in [5, 5.41) is 23.3. The van der Waals surface area contributed by atoms with Crippen LogP contribution in [0.2, 0.25) is 0 Å². The number of aromatic nitrogens is 4. The monoisotopic (exact) mass is 628 g/mol. The molecule has 6 rings (SSSR count). The second-order valence-corrected chi connectivity index (χ2v) is 9.34. The van der Waals surface area contributed by atoms with Gasteiger partial charge in [-0.25, -0.2) is 9.97 Å². The number of fused-ring (bicyclic) bond motifs is 2. The number of para-hydroxylation sites is 6. The molecule has 0 fully saturated rings. The quantitative estimate of drug-likeness (QED) is 0.223. The summed E-state index contributed by atoms with van der Waals surface area (Å²) in [6.07, 6.45) is 1.50. The van der Waals surface area contributed by atoms with Gasteiger partial charge in [-0.2, -0.15) is 0 Å². The standard InChI is InChI=1S/2C13H10N2O.2C3H7NO.Zn/c2*16-12-8-4-1-5-9(12)13-14-10-6-2-3-7-11(10)15-13;2*1-4(2)3-5;/h2*1-8,16H,(H,14,15);2*3H,1-2H3;/q;;;;+2/p-2. The van der Waals surface area contributed by atoms with Crippen LogP contribution in [0.3, 0.4) is 0 Å². The Labute approximate surface area is 262 Å². The van der Waals surface area contributed by atoms with E-state index in [4.69, 9.17) is 0 Å². The minimum absolute atomic E-state index is 0. The van der Waals surface area contributed by atoms with Crippen LogP contribution in [0.25, 0.3) is 44.8 Å². The molecule has 0 unspecified atom stereocenters. The molecule has 0 saturated carbocycles. The Hall–Kier alpha value is -5.02. The summed E-state index contributed by atoms with van der Waals surface area (Å²) in [5.41, 5.74) is 4.86. The maximum Gasteiger partial charge on any atom is 2.00 e. The number of benzene rings is 4. The summed E-state index contributed by atoms with van der Waals surface area (Å²) >= 11 is 0. The number of aromatic amines is 2. The van der Waals surface area contributed by atoms with Crippen molar-refractivity contribution in [2.24, 2.45) is 0 Å². The van der Waals surface area contributed by atoms with E-state index < -0.39 is 0 Å². The van der Waals surface area contributed by atoms with Crippen LogP contribution >= 0.6 is 0 Å². The zero-order chi connectivity index (χ0) is 30.5. The van der Waals surface area contributed by atoms with Crippen LogP contribution in [-0.4, -0.2) is 70.7 Å². The number of carbonyl (C=O) groups excluding carboxylic acids is 2. The van der Waals surface area contributed by atoms with Gasteiger partial charge in [0.1, 0.15) is 11.6 Å². The van der Waals surface area contributed by atoms with E-state index in [1.54, 1.807) is 64.6 Å². The Morgan fingerprint density at radius 3 is 1.16 bits per heavy atom. The number of carbonyl (C=O) groups is 2. The Bertz CT molecular complexity index is 1540. The SMILES string of the molecule is CN(C)C=O.CN(C)C=O.[O-]c1ccccc1-c1nc2ccccc2[nH]1.[O-]c1ccccc1-c1nc2ccccc2[nH]1.[Zn+2]. The minimum atomic E-state index is -0.0124. The molecule has 4 aromatic carbocycles. The number of amides is 2. The van der Waals surface area contributed by atoms with Gasteiger partial charge in [0.05, 0.1) is 22.1 Å². The van der Waals surface area contributed by atoms with Crippen LogP contribution < -0.4 is 10.2 Å².